The Hall–Kier alpha value is -2.73. The molecule has 156 valence electrons. The average molecular weight is 420 g/mol. The van der Waals surface area contributed by atoms with Crippen LogP contribution in [0.25, 0.3) is 0 Å². The van der Waals surface area contributed by atoms with Crippen LogP contribution in [0.1, 0.15) is 48.2 Å². The number of amides is 1. The molecule has 0 aromatic heterocycles. The third kappa shape index (κ3) is 5.21. The molecule has 0 saturated heterocycles. The molecule has 0 aliphatic carbocycles. The topological polar surface area (TPSA) is 73.9 Å². The lowest BCUT2D eigenvalue weighted by Crippen LogP contribution is -2.30. The van der Waals surface area contributed by atoms with Crippen molar-refractivity contribution in [1.82, 2.24) is 0 Å². The summed E-state index contributed by atoms with van der Waals surface area (Å²) in [7, 11) is 2.89. The Balaban J connectivity index is 2.17. The van der Waals surface area contributed by atoms with Crippen LogP contribution >= 0.6 is 11.6 Å². The van der Waals surface area contributed by atoms with Gasteiger partial charge >= 0.3 is 5.97 Å². The number of nitrogens with one attached hydrogen (secondary N) is 1. The molecule has 7 heteroatoms. The molecular formula is C22H26ClNO5. The largest absolute Gasteiger partial charge is 0.493 e. The molecule has 29 heavy (non-hydrogen) atoms. The zero-order valence-corrected chi connectivity index (χ0v) is 18.2. The lowest BCUT2D eigenvalue weighted by Gasteiger charge is -2.19. The van der Waals surface area contributed by atoms with Crippen LogP contribution in [0.3, 0.4) is 0 Å². The number of hydrogen-bond acceptors (Lipinski definition) is 5. The fourth-order valence-electron chi connectivity index (χ4n) is 2.89. The third-order valence-electron chi connectivity index (χ3n) is 4.50. The second-order valence-electron chi connectivity index (χ2n) is 6.92. The van der Waals surface area contributed by atoms with Gasteiger partial charge in [-0.25, -0.2) is 4.79 Å². The maximum Gasteiger partial charge on any atom is 0.339 e. The van der Waals surface area contributed by atoms with E-state index in [2.05, 4.69) is 19.2 Å². The van der Waals surface area contributed by atoms with Crippen LogP contribution in [-0.2, 0) is 9.53 Å². The minimum absolute atomic E-state index is 0.158. The van der Waals surface area contributed by atoms with E-state index in [4.69, 9.17) is 25.8 Å². The number of methoxy groups -OCH3 is 2. The highest BCUT2D eigenvalue weighted by molar-refractivity contribution is 6.32. The van der Waals surface area contributed by atoms with Crippen molar-refractivity contribution in [2.75, 3.05) is 19.5 Å². The van der Waals surface area contributed by atoms with E-state index in [0.717, 1.165) is 16.8 Å². The van der Waals surface area contributed by atoms with E-state index in [1.54, 1.807) is 0 Å². The predicted molar refractivity (Wildman–Crippen MR) is 113 cm³/mol. The molecule has 1 atom stereocenters. The second kappa shape index (κ2) is 9.65. The Morgan fingerprint density at radius 1 is 1.07 bits per heavy atom. The first-order valence-corrected chi connectivity index (χ1v) is 9.60. The summed E-state index contributed by atoms with van der Waals surface area (Å²) in [5, 5.41) is 3.09. The zero-order valence-electron chi connectivity index (χ0n) is 17.5. The molecule has 0 fully saturated rings. The Bertz CT molecular complexity index is 910. The first-order valence-electron chi connectivity index (χ1n) is 9.22. The number of halogens is 1. The molecular weight excluding hydrogens is 394 g/mol. The summed E-state index contributed by atoms with van der Waals surface area (Å²) in [4.78, 5) is 25.2. The lowest BCUT2D eigenvalue weighted by atomic mass is 9.98. The van der Waals surface area contributed by atoms with Gasteiger partial charge in [-0.15, -0.1) is 0 Å². The summed E-state index contributed by atoms with van der Waals surface area (Å²) in [6, 6.07) is 8.70. The molecule has 0 radical (unpaired) electrons. The summed E-state index contributed by atoms with van der Waals surface area (Å²) < 4.78 is 15.7. The maximum absolute atomic E-state index is 12.6. The minimum atomic E-state index is -1.01. The van der Waals surface area contributed by atoms with Crippen molar-refractivity contribution in [2.45, 2.75) is 39.7 Å². The average Bonchev–Trinajstić information content (AvgIpc) is 2.68. The summed E-state index contributed by atoms with van der Waals surface area (Å²) in [6.45, 7) is 7.54. The number of ether oxygens (including phenoxy) is 3. The zero-order chi connectivity index (χ0) is 21.7. The molecule has 0 heterocycles. The molecule has 0 aliphatic rings. The van der Waals surface area contributed by atoms with Crippen molar-refractivity contribution < 1.29 is 23.8 Å². The molecule has 1 N–H and O–H groups in total. The Kier molecular flexibility index (Phi) is 7.51. The number of carbonyl (C=O) groups is 2. The van der Waals surface area contributed by atoms with Gasteiger partial charge in [0.25, 0.3) is 5.91 Å². The summed E-state index contributed by atoms with van der Waals surface area (Å²) in [5.74, 6) is -0.259. The van der Waals surface area contributed by atoms with Gasteiger partial charge in [0, 0.05) is 5.69 Å². The van der Waals surface area contributed by atoms with Crippen LogP contribution in [0, 0.1) is 6.92 Å². The van der Waals surface area contributed by atoms with Crippen LogP contribution in [0.4, 0.5) is 5.69 Å². The first-order chi connectivity index (χ1) is 13.7. The van der Waals surface area contributed by atoms with Crippen LogP contribution in [0.5, 0.6) is 11.5 Å². The third-order valence-corrected chi connectivity index (χ3v) is 4.78. The number of hydrogen-bond donors (Lipinski definition) is 1. The molecule has 0 aliphatic heterocycles. The van der Waals surface area contributed by atoms with E-state index in [1.165, 1.54) is 33.3 Å². The fourth-order valence-corrected chi connectivity index (χ4v) is 3.17. The number of esters is 1. The van der Waals surface area contributed by atoms with Crippen molar-refractivity contribution in [3.63, 3.8) is 0 Å². The number of para-hydroxylation sites is 1. The Labute approximate surface area is 176 Å². The quantitative estimate of drug-likeness (QED) is 0.641. The normalized spacial score (nSPS) is 11.7. The van der Waals surface area contributed by atoms with Gasteiger partial charge in [-0.1, -0.05) is 43.6 Å². The monoisotopic (exact) mass is 419 g/mol. The van der Waals surface area contributed by atoms with Crippen LogP contribution < -0.4 is 14.8 Å². The number of benzene rings is 2. The highest BCUT2D eigenvalue weighted by atomic mass is 35.5. The van der Waals surface area contributed by atoms with Gasteiger partial charge in [0.1, 0.15) is 0 Å². The van der Waals surface area contributed by atoms with E-state index < -0.39 is 18.0 Å². The van der Waals surface area contributed by atoms with Gasteiger partial charge in [-0.2, -0.15) is 0 Å². The number of anilines is 1. The van der Waals surface area contributed by atoms with Crippen molar-refractivity contribution in [1.29, 1.82) is 0 Å². The maximum atomic E-state index is 12.6. The first kappa shape index (κ1) is 22.6. The number of rotatable bonds is 7. The Morgan fingerprint density at radius 3 is 2.34 bits per heavy atom. The molecule has 2 aromatic carbocycles. The minimum Gasteiger partial charge on any atom is -0.493 e. The van der Waals surface area contributed by atoms with Crippen LogP contribution in [0.15, 0.2) is 30.3 Å². The number of carbonyl (C=O) groups excluding carboxylic acids is 2. The van der Waals surface area contributed by atoms with Gasteiger partial charge in [-0.3, -0.25) is 4.79 Å². The van der Waals surface area contributed by atoms with Crippen molar-refractivity contribution >= 4 is 29.2 Å². The van der Waals surface area contributed by atoms with E-state index in [1.807, 2.05) is 25.1 Å². The summed E-state index contributed by atoms with van der Waals surface area (Å²) in [6.07, 6.45) is -1.01. The van der Waals surface area contributed by atoms with Gasteiger partial charge in [0.05, 0.1) is 24.8 Å². The molecule has 0 saturated carbocycles. The molecule has 1 amide bonds. The SMILES string of the molecule is COc1cc(C(=O)O[C@H](C)C(=O)Nc2c(C)cccc2C(C)C)cc(Cl)c1OC. The Morgan fingerprint density at radius 2 is 1.76 bits per heavy atom. The molecule has 0 unspecified atom stereocenters. The van der Waals surface area contributed by atoms with E-state index in [0.29, 0.717) is 11.5 Å². The summed E-state index contributed by atoms with van der Waals surface area (Å²) in [5.41, 5.74) is 2.86. The van der Waals surface area contributed by atoms with Crippen molar-refractivity contribution in [3.8, 4) is 11.5 Å². The number of aryl methyl sites for hydroxylation is 1. The van der Waals surface area contributed by atoms with Gasteiger partial charge < -0.3 is 19.5 Å². The smallest absolute Gasteiger partial charge is 0.339 e. The van der Waals surface area contributed by atoms with Gasteiger partial charge in [0.15, 0.2) is 17.6 Å². The molecule has 0 spiro atoms. The summed E-state index contributed by atoms with van der Waals surface area (Å²) >= 11 is 6.14. The standard InChI is InChI=1S/C22H26ClNO5/c1-12(2)16-9-7-8-13(3)19(16)24-21(25)14(4)29-22(26)15-10-17(23)20(28-6)18(11-15)27-5/h7-12,14H,1-6H3,(H,24,25)/t14-/m1/s1. The predicted octanol–water partition coefficient (Wildman–Crippen LogP) is 4.97. The van der Waals surface area contributed by atoms with Gasteiger partial charge in [-0.05, 0) is 43.0 Å². The van der Waals surface area contributed by atoms with Crippen LogP contribution in [0.2, 0.25) is 5.02 Å². The molecule has 0 bridgehead atoms. The van der Waals surface area contributed by atoms with E-state index in [9.17, 15) is 9.59 Å². The lowest BCUT2D eigenvalue weighted by molar-refractivity contribution is -0.123. The molecule has 6 nitrogen and oxygen atoms in total. The molecule has 2 rings (SSSR count). The van der Waals surface area contributed by atoms with Gasteiger partial charge in [0.2, 0.25) is 0 Å². The second-order valence-corrected chi connectivity index (χ2v) is 7.33. The fraction of sp³-hybridized carbons (Fsp3) is 0.364. The van der Waals surface area contributed by atoms with Crippen molar-refractivity contribution in [3.05, 3.63) is 52.0 Å². The van der Waals surface area contributed by atoms with Crippen molar-refractivity contribution in [2.24, 2.45) is 0 Å². The highest BCUT2D eigenvalue weighted by Gasteiger charge is 2.23. The van der Waals surface area contributed by atoms with E-state index in [-0.39, 0.29) is 16.5 Å². The molecule has 2 aromatic rings. The highest BCUT2D eigenvalue weighted by Crippen LogP contribution is 2.36. The van der Waals surface area contributed by atoms with E-state index >= 15 is 0 Å². The van der Waals surface area contributed by atoms with Crippen LogP contribution in [-0.4, -0.2) is 32.2 Å².